The summed E-state index contributed by atoms with van der Waals surface area (Å²) in [6.45, 7) is 0.119. The smallest absolute Gasteiger partial charge is 0.244 e. The van der Waals surface area contributed by atoms with Gasteiger partial charge in [0, 0.05) is 42.7 Å². The molecule has 1 aromatic carbocycles. The predicted molar refractivity (Wildman–Crippen MR) is 84.4 cm³/mol. The average Bonchev–Trinajstić information content (AvgIpc) is 2.92. The van der Waals surface area contributed by atoms with Crippen LogP contribution in [0.2, 0.25) is 0 Å². The first-order valence-electron chi connectivity index (χ1n) is 6.94. The number of nitrogens with zero attached hydrogens (tertiary/aromatic N) is 1. The fourth-order valence-electron chi connectivity index (χ4n) is 2.03. The van der Waals surface area contributed by atoms with E-state index in [-0.39, 0.29) is 24.8 Å². The van der Waals surface area contributed by atoms with Gasteiger partial charge in [-0.3, -0.25) is 9.59 Å². The molecule has 0 saturated carbocycles. The Morgan fingerprint density at radius 2 is 1.95 bits per heavy atom. The maximum atomic E-state index is 12.3. The van der Waals surface area contributed by atoms with Crippen LogP contribution in [0, 0.1) is 0 Å². The predicted octanol–water partition coefficient (Wildman–Crippen LogP) is 1.38. The molecule has 22 heavy (non-hydrogen) atoms. The number of rotatable bonds is 6. The number of aliphatic hydroxyl groups excluding tert-OH is 1. The molecule has 0 radical (unpaired) electrons. The van der Waals surface area contributed by atoms with Crippen molar-refractivity contribution in [1.82, 2.24) is 9.88 Å². The number of aromatic nitrogens is 1. The standard InChI is InChI=1S/C17H18N2O3/c1-19-12-14(17(22)13-5-3-2-4-6-13)11-15(19)7-8-16(21)18-9-10-20/h2-8,11-12,20H,9-10H2,1H3,(H,18,21)/b8-7+. The van der Waals surface area contributed by atoms with Gasteiger partial charge in [0.2, 0.25) is 5.91 Å². The lowest BCUT2D eigenvalue weighted by Crippen LogP contribution is -2.24. The van der Waals surface area contributed by atoms with Crippen molar-refractivity contribution in [2.24, 2.45) is 7.05 Å². The quantitative estimate of drug-likeness (QED) is 0.625. The Morgan fingerprint density at radius 3 is 2.64 bits per heavy atom. The largest absolute Gasteiger partial charge is 0.395 e. The van der Waals surface area contributed by atoms with E-state index in [9.17, 15) is 9.59 Å². The molecule has 114 valence electrons. The second-order valence-corrected chi connectivity index (χ2v) is 4.81. The molecule has 1 aromatic heterocycles. The summed E-state index contributed by atoms with van der Waals surface area (Å²) in [4.78, 5) is 23.8. The average molecular weight is 298 g/mol. The molecule has 0 aliphatic rings. The van der Waals surface area contributed by atoms with Crippen LogP contribution in [-0.2, 0) is 11.8 Å². The lowest BCUT2D eigenvalue weighted by Gasteiger charge is -1.98. The van der Waals surface area contributed by atoms with Gasteiger partial charge in [-0.05, 0) is 12.1 Å². The minimum atomic E-state index is -0.286. The molecule has 0 aliphatic heterocycles. The minimum absolute atomic E-state index is 0.0550. The van der Waals surface area contributed by atoms with Crippen LogP contribution in [0.1, 0.15) is 21.6 Å². The van der Waals surface area contributed by atoms with Crippen LogP contribution >= 0.6 is 0 Å². The van der Waals surface area contributed by atoms with Crippen molar-refractivity contribution in [3.63, 3.8) is 0 Å². The van der Waals surface area contributed by atoms with E-state index in [1.165, 1.54) is 6.08 Å². The molecule has 0 saturated heterocycles. The van der Waals surface area contributed by atoms with E-state index in [1.807, 2.05) is 25.2 Å². The van der Waals surface area contributed by atoms with Gasteiger partial charge in [0.15, 0.2) is 5.78 Å². The molecule has 0 unspecified atom stereocenters. The molecule has 5 heteroatoms. The molecule has 0 fully saturated rings. The van der Waals surface area contributed by atoms with E-state index < -0.39 is 0 Å². The van der Waals surface area contributed by atoms with E-state index in [0.29, 0.717) is 11.1 Å². The molecule has 0 atom stereocenters. The van der Waals surface area contributed by atoms with E-state index in [0.717, 1.165) is 5.69 Å². The zero-order chi connectivity index (χ0) is 15.9. The molecular formula is C17H18N2O3. The van der Waals surface area contributed by atoms with Crippen LogP contribution in [0.5, 0.6) is 0 Å². The number of aliphatic hydroxyl groups is 1. The molecule has 1 amide bonds. The Bertz CT molecular complexity index is 687. The second-order valence-electron chi connectivity index (χ2n) is 4.81. The van der Waals surface area contributed by atoms with E-state index in [2.05, 4.69) is 5.32 Å². The fraction of sp³-hybridized carbons (Fsp3) is 0.176. The SMILES string of the molecule is Cn1cc(C(=O)c2ccccc2)cc1/C=C/C(=O)NCCO. The Kier molecular flexibility index (Phi) is 5.27. The summed E-state index contributed by atoms with van der Waals surface area (Å²) in [5.74, 6) is -0.341. The van der Waals surface area contributed by atoms with Crippen molar-refractivity contribution in [2.75, 3.05) is 13.2 Å². The Balaban J connectivity index is 2.13. The van der Waals surface area contributed by atoms with Crippen LogP contribution < -0.4 is 5.32 Å². The zero-order valence-electron chi connectivity index (χ0n) is 12.3. The molecular weight excluding hydrogens is 280 g/mol. The van der Waals surface area contributed by atoms with Gasteiger partial charge in [-0.15, -0.1) is 0 Å². The molecule has 2 N–H and O–H groups in total. The third-order valence-corrected chi connectivity index (χ3v) is 3.16. The lowest BCUT2D eigenvalue weighted by atomic mass is 10.1. The molecule has 2 rings (SSSR count). The van der Waals surface area contributed by atoms with Gasteiger partial charge in [0.1, 0.15) is 0 Å². The van der Waals surface area contributed by atoms with Gasteiger partial charge in [-0.1, -0.05) is 30.3 Å². The maximum Gasteiger partial charge on any atom is 0.244 e. The zero-order valence-corrected chi connectivity index (χ0v) is 12.3. The molecule has 5 nitrogen and oxygen atoms in total. The lowest BCUT2D eigenvalue weighted by molar-refractivity contribution is -0.116. The van der Waals surface area contributed by atoms with Crippen LogP contribution in [-0.4, -0.2) is 34.5 Å². The highest BCUT2D eigenvalue weighted by Gasteiger charge is 2.11. The Morgan fingerprint density at radius 1 is 1.23 bits per heavy atom. The van der Waals surface area contributed by atoms with E-state index in [1.54, 1.807) is 35.0 Å². The molecule has 0 bridgehead atoms. The number of nitrogens with one attached hydrogen (secondary N) is 1. The molecule has 1 heterocycles. The molecule has 2 aromatic rings. The maximum absolute atomic E-state index is 12.3. The van der Waals surface area contributed by atoms with Gasteiger partial charge < -0.3 is 15.0 Å². The summed E-state index contributed by atoms with van der Waals surface area (Å²) < 4.78 is 1.78. The van der Waals surface area contributed by atoms with E-state index in [4.69, 9.17) is 5.11 Å². The Hall–Kier alpha value is -2.66. The first kappa shape index (κ1) is 15.7. The van der Waals surface area contributed by atoms with Crippen LogP contribution in [0.15, 0.2) is 48.7 Å². The highest BCUT2D eigenvalue weighted by Crippen LogP contribution is 2.14. The van der Waals surface area contributed by atoms with Gasteiger partial charge in [0.25, 0.3) is 0 Å². The number of hydrogen-bond acceptors (Lipinski definition) is 3. The van der Waals surface area contributed by atoms with Crippen molar-refractivity contribution in [1.29, 1.82) is 0 Å². The van der Waals surface area contributed by atoms with Gasteiger partial charge in [-0.2, -0.15) is 0 Å². The fourth-order valence-corrected chi connectivity index (χ4v) is 2.03. The van der Waals surface area contributed by atoms with E-state index >= 15 is 0 Å². The first-order chi connectivity index (χ1) is 10.6. The van der Waals surface area contributed by atoms with Gasteiger partial charge in [0.05, 0.1) is 6.61 Å². The van der Waals surface area contributed by atoms with Crippen molar-refractivity contribution in [2.45, 2.75) is 0 Å². The van der Waals surface area contributed by atoms with Crippen LogP contribution in [0.25, 0.3) is 6.08 Å². The van der Waals surface area contributed by atoms with Crippen molar-refractivity contribution in [3.8, 4) is 0 Å². The number of ketones is 1. The van der Waals surface area contributed by atoms with Crippen LogP contribution in [0.3, 0.4) is 0 Å². The number of benzene rings is 1. The van der Waals surface area contributed by atoms with Crippen LogP contribution in [0.4, 0.5) is 0 Å². The van der Waals surface area contributed by atoms with Crippen molar-refractivity contribution >= 4 is 17.8 Å². The topological polar surface area (TPSA) is 71.3 Å². The first-order valence-corrected chi connectivity index (χ1v) is 6.94. The highest BCUT2D eigenvalue weighted by molar-refractivity contribution is 6.09. The summed E-state index contributed by atoms with van der Waals surface area (Å²) >= 11 is 0. The number of amides is 1. The second kappa shape index (κ2) is 7.38. The third-order valence-electron chi connectivity index (χ3n) is 3.16. The minimum Gasteiger partial charge on any atom is -0.395 e. The summed E-state index contributed by atoms with van der Waals surface area (Å²) in [5, 5.41) is 11.2. The monoisotopic (exact) mass is 298 g/mol. The summed E-state index contributed by atoms with van der Waals surface area (Å²) in [5.41, 5.74) is 1.95. The van der Waals surface area contributed by atoms with Crippen molar-refractivity contribution in [3.05, 3.63) is 65.5 Å². The normalized spacial score (nSPS) is 10.8. The number of aryl methyl sites for hydroxylation is 1. The summed E-state index contributed by atoms with van der Waals surface area (Å²) in [6.07, 6.45) is 4.75. The Labute approximate surface area is 128 Å². The molecule has 0 aliphatic carbocycles. The van der Waals surface area contributed by atoms with Crippen molar-refractivity contribution < 1.29 is 14.7 Å². The third kappa shape index (κ3) is 3.93. The number of carbonyl (C=O) groups is 2. The summed E-state index contributed by atoms with van der Waals surface area (Å²) in [6, 6.07) is 10.8. The number of hydrogen-bond donors (Lipinski definition) is 2. The van der Waals surface area contributed by atoms with Gasteiger partial charge >= 0.3 is 0 Å². The molecule has 0 spiro atoms. The van der Waals surface area contributed by atoms with Gasteiger partial charge in [-0.25, -0.2) is 0 Å². The highest BCUT2D eigenvalue weighted by atomic mass is 16.3. The summed E-state index contributed by atoms with van der Waals surface area (Å²) in [7, 11) is 1.81. The number of carbonyl (C=O) groups excluding carboxylic acids is 2.